The van der Waals surface area contributed by atoms with Crippen molar-refractivity contribution in [2.24, 2.45) is 0 Å². The number of nitrogens with one attached hydrogen (secondary N) is 1. The number of nitrogen functional groups attached to an aromatic ring is 1. The summed E-state index contributed by atoms with van der Waals surface area (Å²) in [5.74, 6) is 0.247. The van der Waals surface area contributed by atoms with Gasteiger partial charge in [0.15, 0.2) is 0 Å². The normalized spacial score (nSPS) is 21.8. The fourth-order valence-corrected chi connectivity index (χ4v) is 5.51. The maximum Gasteiger partial charge on any atom is 0.219 e. The minimum Gasteiger partial charge on any atom is -0.506 e. The van der Waals surface area contributed by atoms with Crippen LogP contribution in [0.3, 0.4) is 0 Å². The summed E-state index contributed by atoms with van der Waals surface area (Å²) in [7, 11) is 0. The first-order valence-electron chi connectivity index (χ1n) is 9.46. The summed E-state index contributed by atoms with van der Waals surface area (Å²) in [5, 5.41) is 13.8. The van der Waals surface area contributed by atoms with E-state index in [1.165, 1.54) is 16.7 Å². The van der Waals surface area contributed by atoms with Crippen molar-refractivity contribution in [1.82, 2.24) is 10.2 Å². The molecule has 148 valence electrons. The first kappa shape index (κ1) is 19.6. The van der Waals surface area contributed by atoms with Gasteiger partial charge in [-0.1, -0.05) is 5.57 Å². The molecule has 1 aromatic carbocycles. The van der Waals surface area contributed by atoms with Gasteiger partial charge in [0.2, 0.25) is 5.91 Å². The van der Waals surface area contributed by atoms with Gasteiger partial charge in [-0.2, -0.15) is 0 Å². The van der Waals surface area contributed by atoms with Gasteiger partial charge in [-0.3, -0.25) is 4.79 Å². The summed E-state index contributed by atoms with van der Waals surface area (Å²) < 4.78 is 1.79. The van der Waals surface area contributed by atoms with E-state index >= 15 is 0 Å². The van der Waals surface area contributed by atoms with Gasteiger partial charge in [-0.05, 0) is 92.0 Å². The molecule has 1 aromatic rings. The molecule has 2 heterocycles. The molecule has 4 N–H and O–H groups in total. The fraction of sp³-hybridized carbons (Fsp3) is 0.381. The fourth-order valence-electron chi connectivity index (χ4n) is 4.41. The molecule has 1 saturated heterocycles. The van der Waals surface area contributed by atoms with E-state index in [2.05, 4.69) is 43.3 Å². The van der Waals surface area contributed by atoms with Gasteiger partial charge in [-0.15, -0.1) is 0 Å². The number of amides is 1. The van der Waals surface area contributed by atoms with Gasteiger partial charge < -0.3 is 21.1 Å². The van der Waals surface area contributed by atoms with Crippen molar-refractivity contribution >= 4 is 49.0 Å². The van der Waals surface area contributed by atoms with E-state index in [0.717, 1.165) is 58.9 Å². The number of halogens is 2. The number of fused-ring (bicyclic) bond motifs is 2. The van der Waals surface area contributed by atoms with Gasteiger partial charge in [0.25, 0.3) is 0 Å². The maximum atomic E-state index is 11.8. The lowest BCUT2D eigenvalue weighted by molar-refractivity contribution is -0.129. The van der Waals surface area contributed by atoms with Crippen molar-refractivity contribution in [3.8, 4) is 5.75 Å². The molecule has 0 aromatic heterocycles. The van der Waals surface area contributed by atoms with E-state index < -0.39 is 0 Å². The number of piperidine rings is 1. The number of likely N-dealkylation sites (tertiary alicyclic amines) is 1. The first-order valence-corrected chi connectivity index (χ1v) is 11.0. The molecule has 0 radical (unpaired) electrons. The quantitative estimate of drug-likeness (QED) is 0.362. The van der Waals surface area contributed by atoms with Gasteiger partial charge in [-0.25, -0.2) is 0 Å². The highest BCUT2D eigenvalue weighted by molar-refractivity contribution is 9.12. The van der Waals surface area contributed by atoms with Crippen molar-refractivity contribution in [2.45, 2.75) is 38.6 Å². The number of phenolic OH excluding ortho intramolecular Hbond substituents is 1. The largest absolute Gasteiger partial charge is 0.506 e. The summed E-state index contributed by atoms with van der Waals surface area (Å²) >= 11 is 7.25. The summed E-state index contributed by atoms with van der Waals surface area (Å²) in [6, 6.07) is 1.88. The number of dihydropyridines is 1. The third-order valence-corrected chi connectivity index (χ3v) is 7.16. The van der Waals surface area contributed by atoms with Crippen LogP contribution in [0.1, 0.15) is 37.3 Å². The highest BCUT2D eigenvalue weighted by Gasteiger charge is 2.33. The number of hydrogen-bond donors (Lipinski definition) is 3. The average Bonchev–Trinajstić information content (AvgIpc) is 2.83. The van der Waals surface area contributed by atoms with Crippen LogP contribution in [0.25, 0.3) is 5.57 Å². The molecule has 0 bridgehead atoms. The Bertz CT molecular complexity index is 939. The molecule has 1 aliphatic carbocycles. The molecule has 7 heteroatoms. The highest BCUT2D eigenvalue weighted by atomic mass is 79.9. The van der Waals surface area contributed by atoms with E-state index in [4.69, 9.17) is 5.73 Å². The number of nitrogens with zero attached hydrogens (tertiary/aromatic N) is 1. The van der Waals surface area contributed by atoms with E-state index in [-0.39, 0.29) is 17.7 Å². The van der Waals surface area contributed by atoms with Crippen molar-refractivity contribution in [1.29, 1.82) is 0 Å². The third-order valence-electron chi connectivity index (χ3n) is 5.88. The lowest BCUT2D eigenvalue weighted by Crippen LogP contribution is -2.36. The molecule has 0 spiro atoms. The number of carbonyl (C=O) groups excluding carboxylic acids is 1. The number of aryl methyl sites for hydroxylation is 1. The summed E-state index contributed by atoms with van der Waals surface area (Å²) in [5.41, 5.74) is 12.6. The van der Waals surface area contributed by atoms with Crippen LogP contribution in [0, 0.1) is 0 Å². The summed E-state index contributed by atoms with van der Waals surface area (Å²) in [6.45, 7) is 3.10. The molecular weight excluding hydrogens is 486 g/mol. The number of carbonyl (C=O) groups is 1. The molecule has 1 amide bonds. The Balaban J connectivity index is 1.88. The third kappa shape index (κ3) is 3.39. The molecule has 4 rings (SSSR count). The molecule has 3 aliphatic rings. The van der Waals surface area contributed by atoms with Crippen molar-refractivity contribution in [3.05, 3.63) is 49.6 Å². The smallest absolute Gasteiger partial charge is 0.219 e. The number of hydrogen-bond acceptors (Lipinski definition) is 4. The molecular formula is C21H23Br2N3O2. The van der Waals surface area contributed by atoms with Crippen LogP contribution in [0.2, 0.25) is 0 Å². The van der Waals surface area contributed by atoms with Crippen LogP contribution in [-0.2, 0) is 11.2 Å². The Labute approximate surface area is 181 Å². The monoisotopic (exact) mass is 507 g/mol. The topological polar surface area (TPSA) is 78.6 Å². The number of allylic oxidation sites excluding steroid dienone is 2. The van der Waals surface area contributed by atoms with Crippen molar-refractivity contribution in [2.75, 3.05) is 18.8 Å². The Kier molecular flexibility index (Phi) is 5.31. The number of anilines is 1. The molecule has 1 unspecified atom stereocenters. The Hall–Kier alpha value is -1.73. The Morgan fingerprint density at radius 2 is 1.96 bits per heavy atom. The van der Waals surface area contributed by atoms with E-state index in [0.29, 0.717) is 5.69 Å². The molecule has 1 atom stereocenters. The standard InChI is InChI=1S/C21H23Br2N3O2/c1-11(27)26-6-4-12(5-7-26)18-17-13(9-16(28)20(24)19(17)23)2-3-14-8-15(22)10-25-21(14)18/h8-10,21,25,28H,2-7,24H2,1H3. The van der Waals surface area contributed by atoms with Crippen molar-refractivity contribution in [3.63, 3.8) is 0 Å². The van der Waals surface area contributed by atoms with Gasteiger partial charge in [0, 0.05) is 30.7 Å². The van der Waals surface area contributed by atoms with Crippen LogP contribution >= 0.6 is 31.9 Å². The van der Waals surface area contributed by atoms with Crippen LogP contribution < -0.4 is 11.1 Å². The second-order valence-corrected chi connectivity index (χ2v) is 9.24. The highest BCUT2D eigenvalue weighted by Crippen LogP contribution is 2.46. The zero-order valence-electron chi connectivity index (χ0n) is 15.7. The molecule has 2 aliphatic heterocycles. The predicted molar refractivity (Wildman–Crippen MR) is 119 cm³/mol. The number of rotatable bonds is 0. The number of nitrogens with two attached hydrogens (primary N) is 1. The zero-order valence-corrected chi connectivity index (χ0v) is 18.9. The minimum atomic E-state index is 0.0710. The van der Waals surface area contributed by atoms with Crippen LogP contribution in [-0.4, -0.2) is 35.0 Å². The second kappa shape index (κ2) is 7.59. The summed E-state index contributed by atoms with van der Waals surface area (Å²) in [4.78, 5) is 13.7. The van der Waals surface area contributed by atoms with Gasteiger partial charge >= 0.3 is 0 Å². The lowest BCUT2D eigenvalue weighted by Gasteiger charge is -2.33. The van der Waals surface area contributed by atoms with E-state index in [9.17, 15) is 9.90 Å². The van der Waals surface area contributed by atoms with Gasteiger partial charge in [0.05, 0.1) is 16.2 Å². The molecule has 5 nitrogen and oxygen atoms in total. The lowest BCUT2D eigenvalue weighted by atomic mass is 9.84. The van der Waals surface area contributed by atoms with Crippen LogP contribution in [0.4, 0.5) is 5.69 Å². The first-order chi connectivity index (χ1) is 13.4. The minimum absolute atomic E-state index is 0.0710. The molecule has 1 fully saturated rings. The second-order valence-electron chi connectivity index (χ2n) is 7.53. The summed E-state index contributed by atoms with van der Waals surface area (Å²) in [6.07, 6.45) is 7.61. The maximum absolute atomic E-state index is 11.8. The number of aromatic hydroxyl groups is 1. The van der Waals surface area contributed by atoms with E-state index in [1.54, 1.807) is 13.0 Å². The average molecular weight is 509 g/mol. The zero-order chi connectivity index (χ0) is 20.0. The number of benzene rings is 1. The van der Waals surface area contributed by atoms with Gasteiger partial charge in [0.1, 0.15) is 5.75 Å². The Morgan fingerprint density at radius 1 is 1.25 bits per heavy atom. The number of phenols is 1. The molecule has 28 heavy (non-hydrogen) atoms. The Morgan fingerprint density at radius 3 is 2.64 bits per heavy atom. The van der Waals surface area contributed by atoms with E-state index in [1.807, 2.05) is 11.1 Å². The predicted octanol–water partition coefficient (Wildman–Crippen LogP) is 4.21. The van der Waals surface area contributed by atoms with Crippen LogP contribution in [0.5, 0.6) is 5.75 Å². The SMILES string of the molecule is CC(=O)N1CCC(=C2c3c(cc(O)c(N)c3Br)CCC3=CC(Br)=CNC32)CC1. The van der Waals surface area contributed by atoms with Crippen molar-refractivity contribution < 1.29 is 9.90 Å². The van der Waals surface area contributed by atoms with Crippen LogP contribution in [0.15, 0.2) is 38.4 Å². The molecule has 0 saturated carbocycles.